The Kier molecular flexibility index (Phi) is 6.92. The number of carbonyl (C=O) groups is 2. The number of ketones is 1. The van der Waals surface area contributed by atoms with Crippen molar-refractivity contribution in [1.82, 2.24) is 14.3 Å². The first-order chi connectivity index (χ1) is 16.4. The Morgan fingerprint density at radius 2 is 1.47 bits per heavy atom. The number of nitrogens with zero attached hydrogens (tertiary/aromatic N) is 3. The molecule has 0 bridgehead atoms. The number of Topliss-reactive ketones (excluding diaryl/α,β-unsaturated/α-hetero) is 1. The van der Waals surface area contributed by atoms with Gasteiger partial charge in [0.15, 0.2) is 5.78 Å². The van der Waals surface area contributed by atoms with E-state index in [-0.39, 0.29) is 11.7 Å². The van der Waals surface area contributed by atoms with Crippen molar-refractivity contribution in [2.45, 2.75) is 40.5 Å². The van der Waals surface area contributed by atoms with Crippen LogP contribution in [0.5, 0.6) is 0 Å². The maximum absolute atomic E-state index is 12.8. The molecule has 2 aromatic heterocycles. The van der Waals surface area contributed by atoms with Crippen LogP contribution in [-0.4, -0.2) is 39.1 Å². The molecule has 34 heavy (non-hydrogen) atoms. The van der Waals surface area contributed by atoms with Gasteiger partial charge in [0.05, 0.1) is 11.4 Å². The second kappa shape index (κ2) is 10.0. The van der Waals surface area contributed by atoms with Crippen molar-refractivity contribution >= 4 is 17.3 Å². The normalized spacial score (nSPS) is 11.1. The zero-order chi connectivity index (χ0) is 24.2. The quantitative estimate of drug-likeness (QED) is 0.308. The van der Waals surface area contributed by atoms with Crippen molar-refractivity contribution in [3.63, 3.8) is 0 Å². The average molecular weight is 454 g/mol. The third kappa shape index (κ3) is 4.79. The summed E-state index contributed by atoms with van der Waals surface area (Å²) in [4.78, 5) is 31.2. The van der Waals surface area contributed by atoms with E-state index >= 15 is 0 Å². The summed E-state index contributed by atoms with van der Waals surface area (Å²) in [5.41, 5.74) is 7.80. The lowest BCUT2D eigenvalue weighted by atomic mass is 10.0. The maximum Gasteiger partial charge on any atom is 0.222 e. The summed E-state index contributed by atoms with van der Waals surface area (Å²) in [5, 5.41) is 0. The number of aryl methyl sites for hydroxylation is 2. The highest BCUT2D eigenvalue weighted by Gasteiger charge is 2.18. The molecule has 4 aromatic rings. The van der Waals surface area contributed by atoms with Gasteiger partial charge >= 0.3 is 0 Å². The first-order valence-corrected chi connectivity index (χ1v) is 11.9. The third-order valence-electron chi connectivity index (χ3n) is 6.36. The minimum Gasteiger partial charge on any atom is -0.343 e. The molecular formula is C29H31N3O2. The highest BCUT2D eigenvalue weighted by Crippen LogP contribution is 2.29. The standard InChI is InChI=1S/C29H31N3O2/c1-5-31(6-2)28(34)18-16-26-29(24-9-7-20(3)8-10-24)30-27-17-15-25(19-32(26)27)23-13-11-22(12-14-23)21(4)33/h7-15,17,19H,5-6,16,18H2,1-4H3. The SMILES string of the molecule is CCN(CC)C(=O)CCc1c(-c2ccc(C)cc2)nc2ccc(-c3ccc(C(C)=O)cc3)cn12. The summed E-state index contributed by atoms with van der Waals surface area (Å²) in [6.07, 6.45) is 3.12. The Labute approximate surface area is 201 Å². The van der Waals surface area contributed by atoms with Gasteiger partial charge in [0.2, 0.25) is 5.91 Å². The number of fused-ring (bicyclic) bond motifs is 1. The monoisotopic (exact) mass is 453 g/mol. The van der Waals surface area contributed by atoms with Gasteiger partial charge < -0.3 is 9.30 Å². The fourth-order valence-corrected chi connectivity index (χ4v) is 4.30. The molecule has 2 aromatic carbocycles. The number of amides is 1. The van der Waals surface area contributed by atoms with Crippen molar-refractivity contribution in [3.8, 4) is 22.4 Å². The number of benzene rings is 2. The minimum atomic E-state index is 0.0551. The summed E-state index contributed by atoms with van der Waals surface area (Å²) < 4.78 is 2.11. The van der Waals surface area contributed by atoms with E-state index in [0.29, 0.717) is 31.5 Å². The Morgan fingerprint density at radius 1 is 0.853 bits per heavy atom. The van der Waals surface area contributed by atoms with Gasteiger partial charge in [-0.25, -0.2) is 4.98 Å². The van der Waals surface area contributed by atoms with Crippen LogP contribution in [0.15, 0.2) is 66.9 Å². The molecule has 0 N–H and O–H groups in total. The molecule has 1 amide bonds. The van der Waals surface area contributed by atoms with Crippen LogP contribution in [0.25, 0.3) is 28.0 Å². The van der Waals surface area contributed by atoms with E-state index in [1.165, 1.54) is 5.56 Å². The number of pyridine rings is 1. The highest BCUT2D eigenvalue weighted by atomic mass is 16.2. The van der Waals surface area contributed by atoms with Crippen molar-refractivity contribution in [3.05, 3.63) is 83.7 Å². The first kappa shape index (κ1) is 23.4. The van der Waals surface area contributed by atoms with Crippen LogP contribution in [0, 0.1) is 6.92 Å². The van der Waals surface area contributed by atoms with E-state index < -0.39 is 0 Å². The molecule has 0 aliphatic heterocycles. The molecule has 0 saturated carbocycles. The average Bonchev–Trinajstić information content (AvgIpc) is 3.21. The first-order valence-electron chi connectivity index (χ1n) is 11.9. The lowest BCUT2D eigenvalue weighted by Gasteiger charge is -2.18. The van der Waals surface area contributed by atoms with Crippen LogP contribution < -0.4 is 0 Å². The molecule has 2 heterocycles. The molecule has 0 radical (unpaired) electrons. The van der Waals surface area contributed by atoms with Crippen LogP contribution in [0.1, 0.15) is 48.8 Å². The molecule has 0 aliphatic carbocycles. The van der Waals surface area contributed by atoms with Crippen molar-refractivity contribution < 1.29 is 9.59 Å². The molecule has 5 heteroatoms. The Morgan fingerprint density at radius 3 is 2.09 bits per heavy atom. The van der Waals surface area contributed by atoms with Crippen LogP contribution in [0.4, 0.5) is 0 Å². The second-order valence-electron chi connectivity index (χ2n) is 8.62. The van der Waals surface area contributed by atoms with E-state index in [2.05, 4.69) is 47.9 Å². The Bertz CT molecular complexity index is 1310. The third-order valence-corrected chi connectivity index (χ3v) is 6.36. The van der Waals surface area contributed by atoms with Crippen molar-refractivity contribution in [2.75, 3.05) is 13.1 Å². The molecule has 0 atom stereocenters. The van der Waals surface area contributed by atoms with E-state index in [4.69, 9.17) is 4.98 Å². The molecule has 5 nitrogen and oxygen atoms in total. The van der Waals surface area contributed by atoms with Gasteiger partial charge in [-0.05, 0) is 57.4 Å². The van der Waals surface area contributed by atoms with Gasteiger partial charge in [-0.1, -0.05) is 54.1 Å². The Balaban J connectivity index is 1.77. The molecule has 0 unspecified atom stereocenters. The number of hydrogen-bond donors (Lipinski definition) is 0. The zero-order valence-corrected chi connectivity index (χ0v) is 20.3. The fraction of sp³-hybridized carbons (Fsp3) is 0.276. The zero-order valence-electron chi connectivity index (χ0n) is 20.3. The summed E-state index contributed by atoms with van der Waals surface area (Å²) in [6, 6.07) is 20.1. The number of rotatable bonds is 8. The van der Waals surface area contributed by atoms with E-state index in [0.717, 1.165) is 33.7 Å². The van der Waals surface area contributed by atoms with Gasteiger partial charge in [0, 0.05) is 36.8 Å². The molecular weight excluding hydrogens is 422 g/mol. The summed E-state index contributed by atoms with van der Waals surface area (Å²) >= 11 is 0. The number of imidazole rings is 1. The molecule has 0 spiro atoms. The molecule has 4 rings (SSSR count). The maximum atomic E-state index is 12.8. The molecule has 0 aliphatic rings. The fourth-order valence-electron chi connectivity index (χ4n) is 4.30. The molecule has 0 fully saturated rings. The predicted molar refractivity (Wildman–Crippen MR) is 137 cm³/mol. The second-order valence-corrected chi connectivity index (χ2v) is 8.62. The number of carbonyl (C=O) groups excluding carboxylic acids is 2. The van der Waals surface area contributed by atoms with Gasteiger partial charge in [-0.2, -0.15) is 0 Å². The summed E-state index contributed by atoms with van der Waals surface area (Å²) in [7, 11) is 0. The number of hydrogen-bond acceptors (Lipinski definition) is 3. The lowest BCUT2D eigenvalue weighted by molar-refractivity contribution is -0.130. The van der Waals surface area contributed by atoms with E-state index in [1.807, 2.05) is 49.1 Å². The minimum absolute atomic E-state index is 0.0551. The Hall–Kier alpha value is -3.73. The lowest BCUT2D eigenvalue weighted by Crippen LogP contribution is -2.30. The van der Waals surface area contributed by atoms with Crippen LogP contribution >= 0.6 is 0 Å². The van der Waals surface area contributed by atoms with Crippen LogP contribution in [0.3, 0.4) is 0 Å². The smallest absolute Gasteiger partial charge is 0.222 e. The molecule has 174 valence electrons. The van der Waals surface area contributed by atoms with E-state index in [9.17, 15) is 9.59 Å². The summed E-state index contributed by atoms with van der Waals surface area (Å²) in [5.74, 6) is 0.213. The predicted octanol–water partition coefficient (Wildman–Crippen LogP) is 5.98. The van der Waals surface area contributed by atoms with Gasteiger partial charge in [0.25, 0.3) is 0 Å². The largest absolute Gasteiger partial charge is 0.343 e. The van der Waals surface area contributed by atoms with Gasteiger partial charge in [0.1, 0.15) is 5.65 Å². The van der Waals surface area contributed by atoms with Crippen molar-refractivity contribution in [2.24, 2.45) is 0 Å². The number of aromatic nitrogens is 2. The van der Waals surface area contributed by atoms with Gasteiger partial charge in [-0.3, -0.25) is 9.59 Å². The van der Waals surface area contributed by atoms with E-state index in [1.54, 1.807) is 6.92 Å². The van der Waals surface area contributed by atoms with Gasteiger partial charge in [-0.15, -0.1) is 0 Å². The van der Waals surface area contributed by atoms with Crippen LogP contribution in [0.2, 0.25) is 0 Å². The van der Waals surface area contributed by atoms with Crippen LogP contribution in [-0.2, 0) is 11.2 Å². The highest BCUT2D eigenvalue weighted by molar-refractivity contribution is 5.94. The topological polar surface area (TPSA) is 54.7 Å². The molecule has 0 saturated heterocycles. The van der Waals surface area contributed by atoms with Crippen molar-refractivity contribution in [1.29, 1.82) is 0 Å². The summed E-state index contributed by atoms with van der Waals surface area (Å²) in [6.45, 7) is 9.10.